The summed E-state index contributed by atoms with van der Waals surface area (Å²) >= 11 is 0. The number of nitrogens with one attached hydrogen (secondary N) is 2. The lowest BCUT2D eigenvalue weighted by Gasteiger charge is -2.20. The highest BCUT2D eigenvalue weighted by Crippen LogP contribution is 2.12. The number of hydrogen-bond donors (Lipinski definition) is 2. The number of benzene rings is 1. The summed E-state index contributed by atoms with van der Waals surface area (Å²) in [7, 11) is 2.11. The standard InChI is InChI=1S/C24H35N5O2/c1-3-23(30)29-17-13-20(19-29)27-24(26-15-12-22-11-7-18-31-22)25-14-8-16-28(2)21-9-5-4-6-10-21/h4-7,9-11,18,20H,3,8,12-17,19H2,1-2H3,(H2,25,26,27). The van der Waals surface area contributed by atoms with Gasteiger partial charge in [-0.2, -0.15) is 0 Å². The van der Waals surface area contributed by atoms with Crippen molar-refractivity contribution < 1.29 is 9.21 Å². The molecule has 0 saturated carbocycles. The molecule has 1 atom stereocenters. The molecular weight excluding hydrogens is 390 g/mol. The third-order valence-corrected chi connectivity index (χ3v) is 5.55. The number of aliphatic imine (C=N–C) groups is 1. The molecule has 7 heteroatoms. The van der Waals surface area contributed by atoms with Crippen molar-refractivity contribution in [3.63, 3.8) is 0 Å². The highest BCUT2D eigenvalue weighted by Gasteiger charge is 2.25. The molecule has 2 N–H and O–H groups in total. The van der Waals surface area contributed by atoms with Crippen molar-refractivity contribution in [2.75, 3.05) is 44.7 Å². The fourth-order valence-electron chi connectivity index (χ4n) is 3.74. The maximum Gasteiger partial charge on any atom is 0.222 e. The first-order valence-electron chi connectivity index (χ1n) is 11.3. The zero-order valence-corrected chi connectivity index (χ0v) is 18.7. The highest BCUT2D eigenvalue weighted by molar-refractivity contribution is 5.80. The summed E-state index contributed by atoms with van der Waals surface area (Å²) in [5.41, 5.74) is 1.22. The van der Waals surface area contributed by atoms with Crippen LogP contribution >= 0.6 is 0 Å². The van der Waals surface area contributed by atoms with Crippen molar-refractivity contribution >= 4 is 17.6 Å². The average Bonchev–Trinajstić information content (AvgIpc) is 3.48. The number of carbonyl (C=O) groups excluding carboxylic acids is 1. The van der Waals surface area contributed by atoms with E-state index in [1.165, 1.54) is 5.69 Å². The van der Waals surface area contributed by atoms with E-state index in [1.807, 2.05) is 30.0 Å². The van der Waals surface area contributed by atoms with E-state index in [2.05, 4.69) is 46.8 Å². The number of amides is 1. The molecule has 0 aliphatic carbocycles. The molecule has 0 bridgehead atoms. The van der Waals surface area contributed by atoms with E-state index in [0.717, 1.165) is 63.7 Å². The van der Waals surface area contributed by atoms with E-state index in [-0.39, 0.29) is 11.9 Å². The van der Waals surface area contributed by atoms with Crippen LogP contribution in [-0.2, 0) is 11.2 Å². The minimum Gasteiger partial charge on any atom is -0.469 e. The molecular formula is C24H35N5O2. The van der Waals surface area contributed by atoms with Gasteiger partial charge >= 0.3 is 0 Å². The molecule has 1 aliphatic rings. The zero-order valence-electron chi connectivity index (χ0n) is 18.7. The van der Waals surface area contributed by atoms with E-state index >= 15 is 0 Å². The van der Waals surface area contributed by atoms with Crippen LogP contribution in [0.2, 0.25) is 0 Å². The number of para-hydroxylation sites is 1. The molecule has 0 spiro atoms. The Kier molecular flexibility index (Phi) is 8.82. The number of guanidine groups is 1. The van der Waals surface area contributed by atoms with E-state index in [1.54, 1.807) is 6.26 Å². The van der Waals surface area contributed by atoms with Gasteiger partial charge in [-0.25, -0.2) is 0 Å². The van der Waals surface area contributed by atoms with E-state index in [9.17, 15) is 4.79 Å². The SMILES string of the molecule is CCC(=O)N1CCC(NC(=NCCCN(C)c2ccccc2)NCCc2ccco2)C1. The van der Waals surface area contributed by atoms with Gasteiger partial charge in [0, 0.05) is 64.3 Å². The summed E-state index contributed by atoms with van der Waals surface area (Å²) < 4.78 is 5.42. The van der Waals surface area contributed by atoms with Crippen molar-refractivity contribution in [3.05, 3.63) is 54.5 Å². The van der Waals surface area contributed by atoms with Crippen LogP contribution in [0.4, 0.5) is 5.69 Å². The van der Waals surface area contributed by atoms with Gasteiger partial charge < -0.3 is 24.9 Å². The van der Waals surface area contributed by atoms with Gasteiger partial charge in [0.2, 0.25) is 5.91 Å². The van der Waals surface area contributed by atoms with Gasteiger partial charge in [0.15, 0.2) is 5.96 Å². The third kappa shape index (κ3) is 7.35. The number of likely N-dealkylation sites (tertiary alicyclic amines) is 1. The summed E-state index contributed by atoms with van der Waals surface area (Å²) in [6, 6.07) is 14.5. The molecule has 31 heavy (non-hydrogen) atoms. The van der Waals surface area contributed by atoms with Crippen LogP contribution in [0.1, 0.15) is 31.9 Å². The molecule has 1 saturated heterocycles. The summed E-state index contributed by atoms with van der Waals surface area (Å²) in [5, 5.41) is 6.95. The maximum atomic E-state index is 12.0. The topological polar surface area (TPSA) is 73.1 Å². The number of hydrogen-bond acceptors (Lipinski definition) is 4. The molecule has 168 valence electrons. The number of carbonyl (C=O) groups is 1. The molecule has 1 fully saturated rings. The van der Waals surface area contributed by atoms with E-state index in [4.69, 9.17) is 9.41 Å². The lowest BCUT2D eigenvalue weighted by Crippen LogP contribution is -2.45. The second-order valence-electron chi connectivity index (χ2n) is 7.92. The Morgan fingerprint density at radius 2 is 2.10 bits per heavy atom. The van der Waals surface area contributed by atoms with Crippen molar-refractivity contribution in [3.8, 4) is 0 Å². The van der Waals surface area contributed by atoms with Crippen LogP contribution < -0.4 is 15.5 Å². The van der Waals surface area contributed by atoms with Gasteiger partial charge in [-0.1, -0.05) is 25.1 Å². The first-order chi connectivity index (χ1) is 15.2. The second-order valence-corrected chi connectivity index (χ2v) is 7.92. The smallest absolute Gasteiger partial charge is 0.222 e. The summed E-state index contributed by atoms with van der Waals surface area (Å²) in [4.78, 5) is 21.0. The minimum atomic E-state index is 0.220. The van der Waals surface area contributed by atoms with E-state index < -0.39 is 0 Å². The Labute approximate surface area is 185 Å². The fourth-order valence-corrected chi connectivity index (χ4v) is 3.74. The lowest BCUT2D eigenvalue weighted by molar-refractivity contribution is -0.129. The molecule has 7 nitrogen and oxygen atoms in total. The van der Waals surface area contributed by atoms with Gasteiger partial charge in [0.05, 0.1) is 6.26 Å². The number of nitrogens with zero attached hydrogens (tertiary/aromatic N) is 3. The molecule has 1 amide bonds. The Morgan fingerprint density at radius 3 is 2.84 bits per heavy atom. The van der Waals surface area contributed by atoms with Gasteiger partial charge in [0.25, 0.3) is 0 Å². The van der Waals surface area contributed by atoms with Gasteiger partial charge in [0.1, 0.15) is 5.76 Å². The van der Waals surface area contributed by atoms with Crippen LogP contribution in [0.5, 0.6) is 0 Å². The Balaban J connectivity index is 1.49. The van der Waals surface area contributed by atoms with Crippen molar-refractivity contribution in [2.24, 2.45) is 4.99 Å². The van der Waals surface area contributed by atoms with Crippen molar-refractivity contribution in [1.29, 1.82) is 0 Å². The van der Waals surface area contributed by atoms with E-state index in [0.29, 0.717) is 6.42 Å². The van der Waals surface area contributed by atoms with Crippen LogP contribution in [0.3, 0.4) is 0 Å². The average molecular weight is 426 g/mol. The molecule has 2 heterocycles. The molecule has 1 unspecified atom stereocenters. The largest absolute Gasteiger partial charge is 0.469 e. The Bertz CT molecular complexity index is 807. The predicted molar refractivity (Wildman–Crippen MR) is 125 cm³/mol. The second kappa shape index (κ2) is 12.0. The van der Waals surface area contributed by atoms with Crippen LogP contribution in [0.15, 0.2) is 58.1 Å². The minimum absolute atomic E-state index is 0.220. The van der Waals surface area contributed by atoms with Gasteiger partial charge in [-0.15, -0.1) is 0 Å². The zero-order chi connectivity index (χ0) is 21.9. The maximum absolute atomic E-state index is 12.0. The van der Waals surface area contributed by atoms with Crippen LogP contribution in [0, 0.1) is 0 Å². The normalized spacial score (nSPS) is 16.4. The molecule has 1 aromatic heterocycles. The van der Waals surface area contributed by atoms with Crippen molar-refractivity contribution in [1.82, 2.24) is 15.5 Å². The summed E-state index contributed by atoms with van der Waals surface area (Å²) in [5.74, 6) is 1.99. The monoisotopic (exact) mass is 425 g/mol. The Morgan fingerprint density at radius 1 is 1.26 bits per heavy atom. The first-order valence-corrected chi connectivity index (χ1v) is 11.3. The molecule has 1 aromatic carbocycles. The molecule has 3 rings (SSSR count). The molecule has 2 aromatic rings. The summed E-state index contributed by atoms with van der Waals surface area (Å²) in [6.07, 6.45) is 4.96. The van der Waals surface area contributed by atoms with Gasteiger partial charge in [-0.3, -0.25) is 9.79 Å². The quantitative estimate of drug-likeness (QED) is 0.348. The number of rotatable bonds is 10. The molecule has 1 aliphatic heterocycles. The van der Waals surface area contributed by atoms with Crippen LogP contribution in [-0.4, -0.2) is 62.6 Å². The lowest BCUT2D eigenvalue weighted by atomic mass is 10.2. The highest BCUT2D eigenvalue weighted by atomic mass is 16.3. The fraction of sp³-hybridized carbons (Fsp3) is 0.500. The summed E-state index contributed by atoms with van der Waals surface area (Å²) in [6.45, 7) is 5.88. The van der Waals surface area contributed by atoms with Gasteiger partial charge in [-0.05, 0) is 37.1 Å². The predicted octanol–water partition coefficient (Wildman–Crippen LogP) is 2.89. The molecule has 0 radical (unpaired) electrons. The third-order valence-electron chi connectivity index (χ3n) is 5.55. The van der Waals surface area contributed by atoms with Crippen LogP contribution in [0.25, 0.3) is 0 Å². The first kappa shape index (κ1) is 22.7. The number of anilines is 1. The van der Waals surface area contributed by atoms with Crippen molar-refractivity contribution in [2.45, 2.75) is 38.6 Å². The Hall–Kier alpha value is -2.96. The number of furan rings is 1.